The lowest BCUT2D eigenvalue weighted by molar-refractivity contribution is -0.148. The minimum Gasteiger partial charge on any atom is -0.487 e. The van der Waals surface area contributed by atoms with E-state index in [1.807, 2.05) is 18.2 Å². The van der Waals surface area contributed by atoms with Gasteiger partial charge in [0.05, 0.1) is 19.2 Å². The fraction of sp³-hybridized carbons (Fsp3) is 0.190. The Hall–Kier alpha value is -1.02. The van der Waals surface area contributed by atoms with Crippen LogP contribution >= 0.6 is 80.1 Å². The van der Waals surface area contributed by atoms with Crippen molar-refractivity contribution in [2.24, 2.45) is 0 Å². The maximum absolute atomic E-state index is 12.7. The van der Waals surface area contributed by atoms with Gasteiger partial charge in [0.1, 0.15) is 18.4 Å². The highest BCUT2D eigenvalue weighted by molar-refractivity contribution is 14.1. The molecule has 0 radical (unpaired) electrons. The summed E-state index contributed by atoms with van der Waals surface area (Å²) >= 11 is 17.2. The summed E-state index contributed by atoms with van der Waals surface area (Å²) in [5.74, 6) is -0.498. The van der Waals surface area contributed by atoms with Gasteiger partial charge in [-0.2, -0.15) is 0 Å². The minimum atomic E-state index is -0.992. The average molecular weight is 718 g/mol. The second kappa shape index (κ2) is 10.9. The molecule has 6 nitrogen and oxygen atoms in total. The number of hydrogen-bond acceptors (Lipinski definition) is 6. The zero-order chi connectivity index (χ0) is 23.6. The molecule has 1 aliphatic heterocycles. The van der Waals surface area contributed by atoms with E-state index in [4.69, 9.17) is 27.9 Å². The lowest BCUT2D eigenvalue weighted by atomic mass is 10.2. The van der Waals surface area contributed by atoms with E-state index in [1.165, 1.54) is 14.0 Å². The number of nitrogens with zero attached hydrogens (tertiary/aromatic N) is 1. The SMILES string of the molecule is COC(=O)[C@@H](C)N1C(=O)S/C(=C/c2cc(I)c(OCc3ccc(Cl)cc3Cl)c(I)c2)C1=O. The highest BCUT2D eigenvalue weighted by Crippen LogP contribution is 2.36. The van der Waals surface area contributed by atoms with E-state index >= 15 is 0 Å². The Labute approximate surface area is 226 Å². The maximum Gasteiger partial charge on any atom is 0.328 e. The average Bonchev–Trinajstić information content (AvgIpc) is 3.00. The topological polar surface area (TPSA) is 72.9 Å². The van der Waals surface area contributed by atoms with Crippen LogP contribution in [0.4, 0.5) is 4.79 Å². The summed E-state index contributed by atoms with van der Waals surface area (Å²) in [6.45, 7) is 1.72. The fourth-order valence-corrected chi connectivity index (χ4v) is 6.33. The van der Waals surface area contributed by atoms with Crippen molar-refractivity contribution in [1.82, 2.24) is 4.90 Å². The predicted molar refractivity (Wildman–Crippen MR) is 142 cm³/mol. The predicted octanol–water partition coefficient (Wildman–Crippen LogP) is 6.38. The van der Waals surface area contributed by atoms with Gasteiger partial charge in [-0.3, -0.25) is 14.5 Å². The van der Waals surface area contributed by atoms with E-state index in [1.54, 1.807) is 18.2 Å². The van der Waals surface area contributed by atoms with E-state index in [-0.39, 0.29) is 11.5 Å². The number of thioether (sulfide) groups is 1. The molecule has 1 heterocycles. The molecule has 1 atom stereocenters. The largest absolute Gasteiger partial charge is 0.487 e. The minimum absolute atomic E-state index is 0.235. The van der Waals surface area contributed by atoms with Gasteiger partial charge >= 0.3 is 5.97 Å². The number of imide groups is 1. The molecule has 0 unspecified atom stereocenters. The van der Waals surface area contributed by atoms with Crippen molar-refractivity contribution in [2.45, 2.75) is 19.6 Å². The molecule has 168 valence electrons. The highest BCUT2D eigenvalue weighted by Gasteiger charge is 2.41. The first-order valence-electron chi connectivity index (χ1n) is 9.03. The molecule has 2 aromatic rings. The smallest absolute Gasteiger partial charge is 0.328 e. The third-order valence-electron chi connectivity index (χ3n) is 4.46. The van der Waals surface area contributed by atoms with E-state index < -0.39 is 23.2 Å². The number of benzene rings is 2. The molecule has 0 N–H and O–H groups in total. The van der Waals surface area contributed by atoms with Crippen molar-refractivity contribution in [1.29, 1.82) is 0 Å². The Kier molecular flexibility index (Phi) is 8.75. The highest BCUT2D eigenvalue weighted by atomic mass is 127. The van der Waals surface area contributed by atoms with E-state index in [2.05, 4.69) is 49.9 Å². The monoisotopic (exact) mass is 717 g/mol. The van der Waals surface area contributed by atoms with Gasteiger partial charge in [0.15, 0.2) is 0 Å². The molecule has 0 aromatic heterocycles. The van der Waals surface area contributed by atoms with Crippen molar-refractivity contribution < 1.29 is 23.9 Å². The third kappa shape index (κ3) is 5.72. The van der Waals surface area contributed by atoms with Crippen LogP contribution < -0.4 is 4.74 Å². The van der Waals surface area contributed by atoms with Crippen LogP contribution in [0, 0.1) is 7.14 Å². The molecular weight excluding hydrogens is 703 g/mol. The molecular formula is C21H15Cl2I2NO5S. The Bertz CT molecular complexity index is 1120. The number of amides is 2. The standard InChI is InChI=1S/C21H15Cl2I2NO5S/c1-10(20(28)30-2)26-19(27)17(32-21(26)29)7-11-5-15(24)18(16(25)6-11)31-9-12-3-4-13(22)8-14(12)23/h3-8,10H,9H2,1-2H3/b17-7+/t10-/m1/s1. The second-order valence-corrected chi connectivity index (χ2v) is 10.8. The summed E-state index contributed by atoms with van der Waals surface area (Å²) in [7, 11) is 1.21. The molecule has 32 heavy (non-hydrogen) atoms. The molecule has 2 aromatic carbocycles. The first-order valence-corrected chi connectivity index (χ1v) is 12.8. The van der Waals surface area contributed by atoms with Crippen LogP contribution in [0.3, 0.4) is 0 Å². The van der Waals surface area contributed by atoms with Crippen LogP contribution in [0.2, 0.25) is 10.0 Å². The molecule has 1 aliphatic rings. The summed E-state index contributed by atoms with van der Waals surface area (Å²) in [6.07, 6.45) is 1.62. The van der Waals surface area contributed by atoms with Crippen LogP contribution in [0.1, 0.15) is 18.1 Å². The lowest BCUT2D eigenvalue weighted by Crippen LogP contribution is -2.42. The van der Waals surface area contributed by atoms with Crippen LogP contribution in [-0.2, 0) is 20.9 Å². The zero-order valence-corrected chi connectivity index (χ0v) is 23.3. The number of esters is 1. The van der Waals surface area contributed by atoms with E-state index in [0.29, 0.717) is 15.8 Å². The number of ether oxygens (including phenoxy) is 2. The van der Waals surface area contributed by atoms with Gasteiger partial charge < -0.3 is 9.47 Å². The number of methoxy groups -OCH3 is 1. The van der Waals surface area contributed by atoms with Gasteiger partial charge in [-0.15, -0.1) is 0 Å². The van der Waals surface area contributed by atoms with Crippen molar-refractivity contribution in [3.63, 3.8) is 0 Å². The number of rotatable bonds is 6. The maximum atomic E-state index is 12.7. The number of carbonyl (C=O) groups is 3. The third-order valence-corrected chi connectivity index (χ3v) is 7.53. The number of halogens is 4. The molecule has 0 bridgehead atoms. The normalized spacial score (nSPS) is 15.9. The lowest BCUT2D eigenvalue weighted by Gasteiger charge is -2.18. The van der Waals surface area contributed by atoms with Gasteiger partial charge in [0.2, 0.25) is 0 Å². The zero-order valence-electron chi connectivity index (χ0n) is 16.7. The van der Waals surface area contributed by atoms with Crippen molar-refractivity contribution in [3.8, 4) is 5.75 Å². The molecule has 11 heteroatoms. The first kappa shape index (κ1) is 25.6. The molecule has 0 saturated carbocycles. The molecule has 2 amide bonds. The number of carbonyl (C=O) groups excluding carboxylic acids is 3. The van der Waals surface area contributed by atoms with Gasteiger partial charge in [-0.1, -0.05) is 29.3 Å². The Balaban J connectivity index is 1.80. The molecule has 0 aliphatic carbocycles. The molecule has 1 fully saturated rings. The summed E-state index contributed by atoms with van der Waals surface area (Å²) < 4.78 is 12.3. The fourth-order valence-electron chi connectivity index (χ4n) is 2.83. The summed E-state index contributed by atoms with van der Waals surface area (Å²) in [4.78, 5) is 37.9. The van der Waals surface area contributed by atoms with E-state index in [0.717, 1.165) is 34.9 Å². The van der Waals surface area contributed by atoms with Crippen LogP contribution in [0.5, 0.6) is 5.75 Å². The van der Waals surface area contributed by atoms with Gasteiger partial charge in [-0.05, 0) is 99.8 Å². The van der Waals surface area contributed by atoms with Crippen molar-refractivity contribution >= 4 is 103 Å². The summed E-state index contributed by atoms with van der Waals surface area (Å²) in [5, 5.41) is 0.567. The van der Waals surface area contributed by atoms with Gasteiger partial charge in [-0.25, -0.2) is 4.79 Å². The van der Waals surface area contributed by atoms with Crippen LogP contribution in [-0.4, -0.2) is 35.2 Å². The first-order chi connectivity index (χ1) is 15.1. The van der Waals surface area contributed by atoms with Crippen LogP contribution in [0.15, 0.2) is 35.2 Å². The van der Waals surface area contributed by atoms with Crippen molar-refractivity contribution in [3.05, 3.63) is 63.5 Å². The van der Waals surface area contributed by atoms with E-state index in [9.17, 15) is 14.4 Å². The molecule has 0 spiro atoms. The van der Waals surface area contributed by atoms with Crippen molar-refractivity contribution in [2.75, 3.05) is 7.11 Å². The molecule has 1 saturated heterocycles. The Morgan fingerprint density at radius 1 is 1.19 bits per heavy atom. The van der Waals surface area contributed by atoms with Gasteiger partial charge in [0, 0.05) is 15.6 Å². The molecule has 3 rings (SSSR count). The second-order valence-electron chi connectivity index (χ2n) is 6.59. The summed E-state index contributed by atoms with van der Waals surface area (Å²) in [6, 6.07) is 7.92. The van der Waals surface area contributed by atoms with Crippen LogP contribution in [0.25, 0.3) is 6.08 Å². The van der Waals surface area contributed by atoms with Gasteiger partial charge in [0.25, 0.3) is 11.1 Å². The Morgan fingerprint density at radius 2 is 1.84 bits per heavy atom. The quantitative estimate of drug-likeness (QED) is 0.196. The number of hydrogen-bond donors (Lipinski definition) is 0. The summed E-state index contributed by atoms with van der Waals surface area (Å²) in [5.41, 5.74) is 1.53. The Morgan fingerprint density at radius 3 is 2.44 bits per heavy atom.